The van der Waals surface area contributed by atoms with E-state index in [1.807, 2.05) is 0 Å². The molecule has 0 saturated heterocycles. The zero-order valence-electron chi connectivity index (χ0n) is 8.35. The van der Waals surface area contributed by atoms with Crippen molar-refractivity contribution in [1.82, 2.24) is 5.32 Å². The lowest BCUT2D eigenvalue weighted by atomic mass is 10.2. The van der Waals surface area contributed by atoms with Gasteiger partial charge in [0.15, 0.2) is 0 Å². The Bertz CT molecular complexity index is 383. The summed E-state index contributed by atoms with van der Waals surface area (Å²) in [6.07, 6.45) is 0. The van der Waals surface area contributed by atoms with Gasteiger partial charge in [0.1, 0.15) is 11.8 Å². The molecule has 0 aliphatic carbocycles. The fourth-order valence-corrected chi connectivity index (χ4v) is 1.35. The van der Waals surface area contributed by atoms with Crippen LogP contribution in [0.15, 0.2) is 18.2 Å². The summed E-state index contributed by atoms with van der Waals surface area (Å²) in [5, 5.41) is 29.9. The Hall–Kier alpha value is -1.30. The van der Waals surface area contributed by atoms with E-state index >= 15 is 0 Å². The van der Waals surface area contributed by atoms with Crippen molar-refractivity contribution >= 4 is 17.6 Å². The first-order valence-corrected chi connectivity index (χ1v) is 4.97. The summed E-state index contributed by atoms with van der Waals surface area (Å²) < 4.78 is 0. The molecule has 88 valence electrons. The molecule has 1 rings (SSSR count). The van der Waals surface area contributed by atoms with Crippen LogP contribution in [0.3, 0.4) is 0 Å². The fourth-order valence-electron chi connectivity index (χ4n) is 1.16. The molecule has 0 unspecified atom stereocenters. The van der Waals surface area contributed by atoms with Crippen LogP contribution in [-0.2, 0) is 11.3 Å². The molecule has 1 aromatic rings. The van der Waals surface area contributed by atoms with E-state index in [1.165, 1.54) is 18.2 Å². The Morgan fingerprint density at radius 2 is 2.19 bits per heavy atom. The first-order valence-electron chi connectivity index (χ1n) is 4.59. The van der Waals surface area contributed by atoms with Crippen molar-refractivity contribution in [2.45, 2.75) is 12.6 Å². The van der Waals surface area contributed by atoms with Gasteiger partial charge in [-0.1, -0.05) is 11.6 Å². The number of carbonyl (C=O) groups is 1. The van der Waals surface area contributed by atoms with Gasteiger partial charge in [-0.2, -0.15) is 0 Å². The predicted molar refractivity (Wildman–Crippen MR) is 58.5 cm³/mol. The van der Waals surface area contributed by atoms with Crippen LogP contribution in [0.25, 0.3) is 0 Å². The highest BCUT2D eigenvalue weighted by Gasteiger charge is 2.15. The second kappa shape index (κ2) is 5.69. The van der Waals surface area contributed by atoms with Crippen molar-refractivity contribution in [2.24, 2.45) is 0 Å². The van der Waals surface area contributed by atoms with E-state index in [1.54, 1.807) is 0 Å². The number of hydrogen-bond donors (Lipinski definition) is 4. The number of aliphatic carboxylic acids is 1. The Labute approximate surface area is 97.3 Å². The van der Waals surface area contributed by atoms with Gasteiger partial charge < -0.3 is 15.3 Å². The Kier molecular flexibility index (Phi) is 4.54. The van der Waals surface area contributed by atoms with Crippen LogP contribution in [0.4, 0.5) is 0 Å². The lowest BCUT2D eigenvalue weighted by Crippen LogP contribution is -2.39. The van der Waals surface area contributed by atoms with E-state index in [4.69, 9.17) is 21.8 Å². The average molecular weight is 246 g/mol. The van der Waals surface area contributed by atoms with Gasteiger partial charge >= 0.3 is 5.97 Å². The number of phenolic OH excluding ortho intramolecular Hbond substituents is 1. The van der Waals surface area contributed by atoms with Crippen molar-refractivity contribution in [2.75, 3.05) is 6.61 Å². The van der Waals surface area contributed by atoms with Gasteiger partial charge in [0.25, 0.3) is 0 Å². The summed E-state index contributed by atoms with van der Waals surface area (Å²) in [5.41, 5.74) is 0.479. The molecule has 5 nitrogen and oxygen atoms in total. The smallest absolute Gasteiger partial charge is 0.323 e. The molecular formula is C10H12ClNO4. The number of aliphatic hydroxyl groups is 1. The Morgan fingerprint density at radius 1 is 1.50 bits per heavy atom. The lowest BCUT2D eigenvalue weighted by Gasteiger charge is -2.12. The second-order valence-corrected chi connectivity index (χ2v) is 3.66. The van der Waals surface area contributed by atoms with Crippen molar-refractivity contribution in [3.8, 4) is 5.75 Å². The molecule has 0 aliphatic rings. The predicted octanol–water partition coefficient (Wildman–Crippen LogP) is 0.581. The quantitative estimate of drug-likeness (QED) is 0.609. The molecular weight excluding hydrogens is 234 g/mol. The van der Waals surface area contributed by atoms with Crippen LogP contribution in [0.1, 0.15) is 5.56 Å². The molecule has 4 N–H and O–H groups in total. The number of carboxylic acid groups (broad SMARTS) is 1. The number of halogens is 1. The molecule has 0 fully saturated rings. The summed E-state index contributed by atoms with van der Waals surface area (Å²) in [5.74, 6) is -1.12. The summed E-state index contributed by atoms with van der Waals surface area (Å²) >= 11 is 5.72. The molecule has 6 heteroatoms. The third kappa shape index (κ3) is 3.37. The molecule has 1 aromatic carbocycles. The van der Waals surface area contributed by atoms with Gasteiger partial charge in [0.2, 0.25) is 0 Å². The van der Waals surface area contributed by atoms with Gasteiger partial charge in [0, 0.05) is 17.1 Å². The average Bonchev–Trinajstić information content (AvgIpc) is 2.23. The number of phenols is 1. The number of hydrogen-bond acceptors (Lipinski definition) is 4. The number of carboxylic acids is 1. The van der Waals surface area contributed by atoms with Gasteiger partial charge in [-0.3, -0.25) is 10.1 Å². The van der Waals surface area contributed by atoms with E-state index in [0.29, 0.717) is 10.6 Å². The van der Waals surface area contributed by atoms with Crippen molar-refractivity contribution < 1.29 is 20.1 Å². The molecule has 0 heterocycles. The summed E-state index contributed by atoms with van der Waals surface area (Å²) in [6.45, 7) is -0.402. The number of rotatable bonds is 5. The van der Waals surface area contributed by atoms with Gasteiger partial charge in [-0.05, 0) is 18.2 Å². The van der Waals surface area contributed by atoms with Gasteiger partial charge in [0.05, 0.1) is 6.61 Å². The van der Waals surface area contributed by atoms with Gasteiger partial charge in [-0.25, -0.2) is 0 Å². The largest absolute Gasteiger partial charge is 0.508 e. The highest BCUT2D eigenvalue weighted by molar-refractivity contribution is 6.30. The molecule has 1 atom stereocenters. The molecule has 0 amide bonds. The minimum Gasteiger partial charge on any atom is -0.508 e. The van der Waals surface area contributed by atoms with Crippen LogP contribution in [0, 0.1) is 0 Å². The minimum atomic E-state index is -1.15. The molecule has 0 aliphatic heterocycles. The number of aliphatic hydroxyl groups excluding tert-OH is 1. The third-order valence-corrected chi connectivity index (χ3v) is 2.30. The first kappa shape index (κ1) is 12.8. The van der Waals surface area contributed by atoms with E-state index in [-0.39, 0.29) is 12.3 Å². The highest BCUT2D eigenvalue weighted by Crippen LogP contribution is 2.21. The summed E-state index contributed by atoms with van der Waals surface area (Å²) in [4.78, 5) is 10.6. The summed E-state index contributed by atoms with van der Waals surface area (Å²) in [7, 11) is 0. The highest BCUT2D eigenvalue weighted by atomic mass is 35.5. The number of benzene rings is 1. The monoisotopic (exact) mass is 245 g/mol. The number of aromatic hydroxyl groups is 1. The zero-order valence-corrected chi connectivity index (χ0v) is 9.11. The Morgan fingerprint density at radius 3 is 2.75 bits per heavy atom. The van der Waals surface area contributed by atoms with Crippen LogP contribution >= 0.6 is 11.6 Å². The lowest BCUT2D eigenvalue weighted by molar-refractivity contribution is -0.140. The standard InChI is InChI=1S/C10H12ClNO4/c11-7-1-2-9(14)6(3-7)4-12-8(5-13)10(15)16/h1-3,8,12-14H,4-5H2,(H,15,16)/t8-/m0/s1. The van der Waals surface area contributed by atoms with E-state index in [2.05, 4.69) is 5.32 Å². The van der Waals surface area contributed by atoms with Gasteiger partial charge in [-0.15, -0.1) is 0 Å². The fraction of sp³-hybridized carbons (Fsp3) is 0.300. The maximum absolute atomic E-state index is 10.6. The van der Waals surface area contributed by atoms with Crippen LogP contribution < -0.4 is 5.32 Å². The maximum Gasteiger partial charge on any atom is 0.323 e. The first-order chi connectivity index (χ1) is 7.54. The van der Waals surface area contributed by atoms with Crippen molar-refractivity contribution in [1.29, 1.82) is 0 Å². The van der Waals surface area contributed by atoms with Crippen molar-refractivity contribution in [3.05, 3.63) is 28.8 Å². The number of nitrogens with one attached hydrogen (secondary N) is 1. The maximum atomic E-state index is 10.6. The second-order valence-electron chi connectivity index (χ2n) is 3.23. The van der Waals surface area contributed by atoms with Crippen LogP contribution in [0.2, 0.25) is 5.02 Å². The molecule has 0 saturated carbocycles. The molecule has 0 bridgehead atoms. The van der Waals surface area contributed by atoms with E-state index < -0.39 is 18.6 Å². The van der Waals surface area contributed by atoms with E-state index in [0.717, 1.165) is 0 Å². The molecule has 16 heavy (non-hydrogen) atoms. The van der Waals surface area contributed by atoms with Crippen LogP contribution in [0.5, 0.6) is 5.75 Å². The summed E-state index contributed by atoms with van der Waals surface area (Å²) in [6, 6.07) is 3.42. The SMILES string of the molecule is O=C(O)[C@H](CO)NCc1cc(Cl)ccc1O. The Balaban J connectivity index is 2.66. The van der Waals surface area contributed by atoms with E-state index in [9.17, 15) is 9.90 Å². The molecule has 0 spiro atoms. The molecule has 0 radical (unpaired) electrons. The minimum absolute atomic E-state index is 0.0268. The van der Waals surface area contributed by atoms with Crippen molar-refractivity contribution in [3.63, 3.8) is 0 Å². The van der Waals surface area contributed by atoms with Crippen LogP contribution in [-0.4, -0.2) is 33.9 Å². The molecule has 0 aromatic heterocycles. The zero-order chi connectivity index (χ0) is 12.1. The third-order valence-electron chi connectivity index (χ3n) is 2.06. The topological polar surface area (TPSA) is 89.8 Å². The normalized spacial score (nSPS) is 12.4.